The van der Waals surface area contributed by atoms with Crippen LogP contribution in [0.3, 0.4) is 0 Å². The van der Waals surface area contributed by atoms with E-state index in [2.05, 4.69) is 21.2 Å². The van der Waals surface area contributed by atoms with Crippen molar-refractivity contribution in [2.45, 2.75) is 32.7 Å². The summed E-state index contributed by atoms with van der Waals surface area (Å²) in [6.07, 6.45) is 2.70. The van der Waals surface area contributed by atoms with Crippen molar-refractivity contribution in [1.29, 1.82) is 0 Å². The summed E-state index contributed by atoms with van der Waals surface area (Å²) in [4.78, 5) is 13.5. The van der Waals surface area contributed by atoms with Gasteiger partial charge < -0.3 is 19.7 Å². The summed E-state index contributed by atoms with van der Waals surface area (Å²) in [5, 5.41) is 3.42. The van der Waals surface area contributed by atoms with Crippen LogP contribution >= 0.6 is 15.9 Å². The maximum absolute atomic E-state index is 11.5. The first-order valence-electron chi connectivity index (χ1n) is 8.13. The van der Waals surface area contributed by atoms with E-state index in [0.29, 0.717) is 18.9 Å². The summed E-state index contributed by atoms with van der Waals surface area (Å²) >= 11 is 3.54. The van der Waals surface area contributed by atoms with Gasteiger partial charge in [-0.25, -0.2) is 0 Å². The van der Waals surface area contributed by atoms with E-state index in [1.165, 1.54) is 0 Å². The van der Waals surface area contributed by atoms with Gasteiger partial charge in [-0.1, -0.05) is 0 Å². The second-order valence-corrected chi connectivity index (χ2v) is 6.41. The number of carbonyl (C=O) groups is 1. The van der Waals surface area contributed by atoms with Gasteiger partial charge in [-0.3, -0.25) is 4.79 Å². The number of hydrogen-bond donors (Lipinski definition) is 1. The van der Waals surface area contributed by atoms with E-state index in [1.54, 1.807) is 7.11 Å². The van der Waals surface area contributed by atoms with Gasteiger partial charge in [0.2, 0.25) is 5.91 Å². The molecule has 0 unspecified atom stereocenters. The molecule has 0 saturated carbocycles. The molecule has 0 spiro atoms. The molecule has 2 rings (SSSR count). The van der Waals surface area contributed by atoms with Crippen LogP contribution in [-0.2, 0) is 11.3 Å². The second kappa shape index (κ2) is 9.13. The van der Waals surface area contributed by atoms with Gasteiger partial charge in [-0.2, -0.15) is 0 Å². The Hall–Kier alpha value is -1.27. The minimum atomic E-state index is 0.296. The zero-order valence-corrected chi connectivity index (χ0v) is 15.4. The molecule has 1 fully saturated rings. The summed E-state index contributed by atoms with van der Waals surface area (Å²) in [6, 6.07) is 4.04. The van der Waals surface area contributed by atoms with Gasteiger partial charge in [0.25, 0.3) is 0 Å². The molecule has 0 radical (unpaired) electrons. The SMILES string of the molecule is CCOc1c(Br)cc(CNCCCN2CCCC2=O)cc1OC. The first-order valence-corrected chi connectivity index (χ1v) is 8.92. The number of methoxy groups -OCH3 is 1. The van der Waals surface area contributed by atoms with Crippen molar-refractivity contribution >= 4 is 21.8 Å². The Balaban J connectivity index is 1.79. The van der Waals surface area contributed by atoms with Gasteiger partial charge in [-0.15, -0.1) is 0 Å². The van der Waals surface area contributed by atoms with E-state index >= 15 is 0 Å². The highest BCUT2D eigenvalue weighted by Gasteiger charge is 2.18. The molecule has 0 aliphatic carbocycles. The lowest BCUT2D eigenvalue weighted by atomic mass is 10.2. The Kier molecular flexibility index (Phi) is 7.17. The number of carbonyl (C=O) groups excluding carboxylic acids is 1. The predicted molar refractivity (Wildman–Crippen MR) is 94.0 cm³/mol. The fraction of sp³-hybridized carbons (Fsp3) is 0.588. The van der Waals surface area contributed by atoms with Gasteiger partial charge in [0, 0.05) is 26.1 Å². The van der Waals surface area contributed by atoms with Gasteiger partial charge in [0.15, 0.2) is 11.5 Å². The highest BCUT2D eigenvalue weighted by atomic mass is 79.9. The first kappa shape index (κ1) is 18.1. The van der Waals surface area contributed by atoms with E-state index < -0.39 is 0 Å². The first-order chi connectivity index (χ1) is 11.2. The molecule has 6 heteroatoms. The normalized spacial score (nSPS) is 14.4. The number of amides is 1. The van der Waals surface area contributed by atoms with E-state index in [-0.39, 0.29) is 0 Å². The zero-order chi connectivity index (χ0) is 16.7. The molecule has 0 aromatic heterocycles. The Morgan fingerprint density at radius 3 is 2.87 bits per heavy atom. The van der Waals surface area contributed by atoms with E-state index in [9.17, 15) is 4.79 Å². The Bertz CT molecular complexity index is 537. The van der Waals surface area contributed by atoms with Crippen LogP contribution in [0.25, 0.3) is 0 Å². The lowest BCUT2D eigenvalue weighted by Crippen LogP contribution is -2.28. The maximum Gasteiger partial charge on any atom is 0.222 e. The van der Waals surface area contributed by atoms with Crippen LogP contribution in [0.5, 0.6) is 11.5 Å². The van der Waals surface area contributed by atoms with Gasteiger partial charge in [0.1, 0.15) is 0 Å². The number of ether oxygens (including phenoxy) is 2. The Morgan fingerprint density at radius 2 is 2.22 bits per heavy atom. The minimum absolute atomic E-state index is 0.296. The lowest BCUT2D eigenvalue weighted by molar-refractivity contribution is -0.127. The Labute approximate surface area is 146 Å². The van der Waals surface area contributed by atoms with Crippen LogP contribution < -0.4 is 14.8 Å². The van der Waals surface area contributed by atoms with Crippen LogP contribution in [0, 0.1) is 0 Å². The number of benzene rings is 1. The lowest BCUT2D eigenvalue weighted by Gasteiger charge is -2.16. The van der Waals surface area contributed by atoms with Crippen molar-refractivity contribution < 1.29 is 14.3 Å². The molecule has 0 atom stereocenters. The Morgan fingerprint density at radius 1 is 1.39 bits per heavy atom. The monoisotopic (exact) mass is 384 g/mol. The van der Waals surface area contributed by atoms with Crippen molar-refractivity contribution in [3.63, 3.8) is 0 Å². The van der Waals surface area contributed by atoms with Crippen molar-refractivity contribution in [3.05, 3.63) is 22.2 Å². The minimum Gasteiger partial charge on any atom is -0.493 e. The summed E-state index contributed by atoms with van der Waals surface area (Å²) in [5.74, 6) is 1.78. The predicted octanol–water partition coefficient (Wildman–Crippen LogP) is 2.96. The van der Waals surface area contributed by atoms with Crippen LogP contribution in [0.1, 0.15) is 31.7 Å². The van der Waals surface area contributed by atoms with Crippen molar-refractivity contribution in [3.8, 4) is 11.5 Å². The summed E-state index contributed by atoms with van der Waals surface area (Å²) in [7, 11) is 1.65. The molecule has 1 saturated heterocycles. The molecule has 1 aliphatic heterocycles. The smallest absolute Gasteiger partial charge is 0.222 e. The largest absolute Gasteiger partial charge is 0.493 e. The molecular weight excluding hydrogens is 360 g/mol. The number of nitrogens with one attached hydrogen (secondary N) is 1. The van der Waals surface area contributed by atoms with E-state index in [1.807, 2.05) is 24.0 Å². The third-order valence-electron chi connectivity index (χ3n) is 3.86. The van der Waals surface area contributed by atoms with Gasteiger partial charge in [-0.05, 0) is 59.9 Å². The van der Waals surface area contributed by atoms with Crippen LogP contribution in [-0.4, -0.2) is 44.2 Å². The average Bonchev–Trinajstić information content (AvgIpc) is 2.94. The second-order valence-electron chi connectivity index (χ2n) is 5.56. The number of halogens is 1. The molecular formula is C17H25BrN2O3. The quantitative estimate of drug-likeness (QED) is 0.664. The highest BCUT2D eigenvalue weighted by molar-refractivity contribution is 9.10. The summed E-state index contributed by atoms with van der Waals surface area (Å²) in [6.45, 7) is 5.96. The third-order valence-corrected chi connectivity index (χ3v) is 4.45. The molecule has 1 amide bonds. The average molecular weight is 385 g/mol. The third kappa shape index (κ3) is 5.11. The molecule has 1 aromatic rings. The van der Waals surface area contributed by atoms with Crippen molar-refractivity contribution in [2.75, 3.05) is 33.4 Å². The zero-order valence-electron chi connectivity index (χ0n) is 13.9. The van der Waals surface area contributed by atoms with Crippen LogP contribution in [0.15, 0.2) is 16.6 Å². The number of nitrogens with zero attached hydrogens (tertiary/aromatic N) is 1. The molecule has 128 valence electrons. The fourth-order valence-corrected chi connectivity index (χ4v) is 3.33. The van der Waals surface area contributed by atoms with Gasteiger partial charge in [0.05, 0.1) is 18.2 Å². The fourth-order valence-electron chi connectivity index (χ4n) is 2.73. The molecule has 1 N–H and O–H groups in total. The van der Waals surface area contributed by atoms with E-state index in [4.69, 9.17) is 9.47 Å². The topological polar surface area (TPSA) is 50.8 Å². The number of rotatable bonds is 9. The molecule has 23 heavy (non-hydrogen) atoms. The summed E-state index contributed by atoms with van der Waals surface area (Å²) < 4.78 is 11.9. The number of hydrogen-bond acceptors (Lipinski definition) is 4. The maximum atomic E-state index is 11.5. The summed E-state index contributed by atoms with van der Waals surface area (Å²) in [5.41, 5.74) is 1.13. The molecule has 0 bridgehead atoms. The standard InChI is InChI=1S/C17H25BrN2O3/c1-3-23-17-14(18)10-13(11-15(17)22-2)12-19-7-5-9-20-8-4-6-16(20)21/h10-11,19H,3-9,12H2,1-2H3. The van der Waals surface area contributed by atoms with Crippen LogP contribution in [0.2, 0.25) is 0 Å². The molecule has 1 aromatic carbocycles. The molecule has 1 heterocycles. The van der Waals surface area contributed by atoms with Crippen LogP contribution in [0.4, 0.5) is 0 Å². The molecule has 1 aliphatic rings. The van der Waals surface area contributed by atoms with Crippen molar-refractivity contribution in [2.24, 2.45) is 0 Å². The van der Waals surface area contributed by atoms with E-state index in [0.717, 1.165) is 60.6 Å². The molecule has 5 nitrogen and oxygen atoms in total. The number of likely N-dealkylation sites (tertiary alicyclic amines) is 1. The van der Waals surface area contributed by atoms with Gasteiger partial charge >= 0.3 is 0 Å². The van der Waals surface area contributed by atoms with Crippen molar-refractivity contribution in [1.82, 2.24) is 10.2 Å². The highest BCUT2D eigenvalue weighted by Crippen LogP contribution is 2.36.